The molecule has 2 rings (SSSR count). The first-order valence-electron chi connectivity index (χ1n) is 6.52. The van der Waals surface area contributed by atoms with E-state index in [-0.39, 0.29) is 0 Å². The predicted molar refractivity (Wildman–Crippen MR) is 84.8 cm³/mol. The SMILES string of the molecule is CN=C(ONC)C(Oc1ccc(Cl)cc1)c1ccccc1. The number of hydroxylamine groups is 1. The fraction of sp³-hybridized carbons (Fsp3) is 0.188. The van der Waals surface area contributed by atoms with E-state index in [1.54, 1.807) is 26.2 Å². The lowest BCUT2D eigenvalue weighted by Crippen LogP contribution is -2.26. The molecule has 0 aromatic heterocycles. The molecular weight excluding hydrogens is 288 g/mol. The summed E-state index contributed by atoms with van der Waals surface area (Å²) in [6, 6.07) is 16.9. The van der Waals surface area contributed by atoms with Gasteiger partial charge in [0, 0.05) is 24.7 Å². The molecule has 21 heavy (non-hydrogen) atoms. The summed E-state index contributed by atoms with van der Waals surface area (Å²) in [6.45, 7) is 0. The topological polar surface area (TPSA) is 42.8 Å². The second-order valence-electron chi connectivity index (χ2n) is 4.23. The van der Waals surface area contributed by atoms with Crippen molar-refractivity contribution < 1.29 is 9.57 Å². The molecule has 0 saturated carbocycles. The van der Waals surface area contributed by atoms with E-state index < -0.39 is 6.10 Å². The number of rotatable bonds is 5. The molecular formula is C16H17ClN2O2. The third kappa shape index (κ3) is 4.21. The second kappa shape index (κ2) is 7.67. The largest absolute Gasteiger partial charge is 0.476 e. The Balaban J connectivity index is 2.29. The Labute approximate surface area is 129 Å². The van der Waals surface area contributed by atoms with Gasteiger partial charge in [0.25, 0.3) is 5.90 Å². The Kier molecular flexibility index (Phi) is 5.60. The van der Waals surface area contributed by atoms with Crippen LogP contribution >= 0.6 is 11.6 Å². The third-order valence-electron chi connectivity index (χ3n) is 2.82. The van der Waals surface area contributed by atoms with E-state index in [0.717, 1.165) is 5.56 Å². The lowest BCUT2D eigenvalue weighted by molar-refractivity contribution is 0.155. The molecule has 0 bridgehead atoms. The first-order chi connectivity index (χ1) is 10.2. The lowest BCUT2D eigenvalue weighted by Gasteiger charge is -2.20. The van der Waals surface area contributed by atoms with Crippen LogP contribution in [0.5, 0.6) is 5.75 Å². The molecule has 1 N–H and O–H groups in total. The lowest BCUT2D eigenvalue weighted by atomic mass is 10.1. The summed E-state index contributed by atoms with van der Waals surface area (Å²) >= 11 is 5.89. The van der Waals surface area contributed by atoms with E-state index in [0.29, 0.717) is 16.7 Å². The van der Waals surface area contributed by atoms with E-state index in [4.69, 9.17) is 21.2 Å². The fourth-order valence-electron chi connectivity index (χ4n) is 1.86. The highest BCUT2D eigenvalue weighted by Crippen LogP contribution is 2.25. The van der Waals surface area contributed by atoms with Gasteiger partial charge in [-0.05, 0) is 24.3 Å². The van der Waals surface area contributed by atoms with Crippen LogP contribution in [0.25, 0.3) is 0 Å². The van der Waals surface area contributed by atoms with Crippen molar-refractivity contribution in [2.45, 2.75) is 6.10 Å². The van der Waals surface area contributed by atoms with Crippen LogP contribution in [0, 0.1) is 0 Å². The molecule has 0 radical (unpaired) electrons. The molecule has 2 aromatic rings. The molecule has 0 spiro atoms. The van der Waals surface area contributed by atoms with E-state index in [1.807, 2.05) is 42.5 Å². The molecule has 1 atom stereocenters. The summed E-state index contributed by atoms with van der Waals surface area (Å²) in [7, 11) is 3.34. The van der Waals surface area contributed by atoms with Gasteiger partial charge in [0.1, 0.15) is 5.75 Å². The predicted octanol–water partition coefficient (Wildman–Crippen LogP) is 3.64. The molecule has 1 unspecified atom stereocenters. The molecule has 4 nitrogen and oxygen atoms in total. The van der Waals surface area contributed by atoms with Crippen LogP contribution in [0.2, 0.25) is 5.02 Å². The van der Waals surface area contributed by atoms with Crippen molar-refractivity contribution >= 4 is 17.5 Å². The number of aliphatic imine (C=N–C) groups is 1. The van der Waals surface area contributed by atoms with Crippen LogP contribution in [0.1, 0.15) is 11.7 Å². The summed E-state index contributed by atoms with van der Waals surface area (Å²) in [6.07, 6.45) is -0.440. The maximum absolute atomic E-state index is 6.01. The fourth-order valence-corrected chi connectivity index (χ4v) is 1.99. The maximum atomic E-state index is 6.01. The van der Waals surface area contributed by atoms with Crippen molar-refractivity contribution in [3.63, 3.8) is 0 Å². The van der Waals surface area contributed by atoms with E-state index in [9.17, 15) is 0 Å². The first kappa shape index (κ1) is 15.4. The average molecular weight is 305 g/mol. The van der Waals surface area contributed by atoms with Gasteiger partial charge in [0.15, 0.2) is 0 Å². The van der Waals surface area contributed by atoms with E-state index >= 15 is 0 Å². The minimum atomic E-state index is -0.440. The Morgan fingerprint density at radius 1 is 1.10 bits per heavy atom. The van der Waals surface area contributed by atoms with Crippen LogP contribution < -0.4 is 10.2 Å². The Bertz CT molecular complexity index is 585. The van der Waals surface area contributed by atoms with Gasteiger partial charge in [0.05, 0.1) is 0 Å². The van der Waals surface area contributed by atoms with Gasteiger partial charge >= 0.3 is 0 Å². The molecule has 0 amide bonds. The Hall–Kier alpha value is -2.04. The standard InChI is InChI=1S/C16H17ClN2O2/c1-18-16(21-19-2)15(12-6-4-3-5-7-12)20-14-10-8-13(17)9-11-14/h3-11,15,19H,1-2H3. The number of benzene rings is 2. The zero-order valence-electron chi connectivity index (χ0n) is 11.9. The molecule has 0 aliphatic carbocycles. The zero-order chi connectivity index (χ0) is 15.1. The van der Waals surface area contributed by atoms with Gasteiger partial charge in [-0.3, -0.25) is 4.99 Å². The number of halogens is 1. The van der Waals surface area contributed by atoms with Crippen molar-refractivity contribution in [3.8, 4) is 5.75 Å². The van der Waals surface area contributed by atoms with Crippen molar-refractivity contribution in [1.29, 1.82) is 0 Å². The zero-order valence-corrected chi connectivity index (χ0v) is 12.7. The summed E-state index contributed by atoms with van der Waals surface area (Å²) in [5, 5.41) is 0.662. The van der Waals surface area contributed by atoms with E-state index in [1.165, 1.54) is 0 Å². The summed E-state index contributed by atoms with van der Waals surface area (Å²) in [5.41, 5.74) is 3.58. The normalized spacial score (nSPS) is 12.8. The smallest absolute Gasteiger partial charge is 0.254 e. The minimum absolute atomic E-state index is 0.440. The van der Waals surface area contributed by atoms with Gasteiger partial charge in [-0.15, -0.1) is 0 Å². The molecule has 0 aliphatic rings. The van der Waals surface area contributed by atoms with Gasteiger partial charge in [-0.25, -0.2) is 0 Å². The summed E-state index contributed by atoms with van der Waals surface area (Å²) in [4.78, 5) is 9.50. The van der Waals surface area contributed by atoms with Gasteiger partial charge in [-0.1, -0.05) is 41.9 Å². The van der Waals surface area contributed by atoms with Crippen molar-refractivity contribution in [2.24, 2.45) is 4.99 Å². The molecule has 0 heterocycles. The van der Waals surface area contributed by atoms with Crippen LogP contribution in [-0.2, 0) is 4.84 Å². The number of nitrogens with zero attached hydrogens (tertiary/aromatic N) is 1. The van der Waals surface area contributed by atoms with Gasteiger partial charge < -0.3 is 9.57 Å². The quantitative estimate of drug-likeness (QED) is 0.521. The maximum Gasteiger partial charge on any atom is 0.254 e. The minimum Gasteiger partial charge on any atom is -0.476 e. The number of hydrogen-bond acceptors (Lipinski definition) is 4. The van der Waals surface area contributed by atoms with Crippen molar-refractivity contribution in [2.75, 3.05) is 14.1 Å². The summed E-state index contributed by atoms with van der Waals surface area (Å²) in [5.74, 6) is 1.13. The molecule has 2 aromatic carbocycles. The number of hydrogen-bond donors (Lipinski definition) is 1. The van der Waals surface area contributed by atoms with Crippen LogP contribution in [0.4, 0.5) is 0 Å². The van der Waals surface area contributed by atoms with Crippen molar-refractivity contribution in [1.82, 2.24) is 5.48 Å². The Morgan fingerprint density at radius 3 is 2.33 bits per heavy atom. The molecule has 0 fully saturated rings. The highest BCUT2D eigenvalue weighted by Gasteiger charge is 2.22. The van der Waals surface area contributed by atoms with Crippen LogP contribution in [0.3, 0.4) is 0 Å². The monoisotopic (exact) mass is 304 g/mol. The Morgan fingerprint density at radius 2 is 1.76 bits per heavy atom. The molecule has 0 saturated heterocycles. The highest BCUT2D eigenvalue weighted by molar-refractivity contribution is 6.30. The summed E-state index contributed by atoms with van der Waals surface area (Å²) < 4.78 is 6.01. The molecule has 5 heteroatoms. The highest BCUT2D eigenvalue weighted by atomic mass is 35.5. The number of ether oxygens (including phenoxy) is 1. The van der Waals surface area contributed by atoms with Crippen molar-refractivity contribution in [3.05, 3.63) is 65.2 Å². The second-order valence-corrected chi connectivity index (χ2v) is 4.67. The van der Waals surface area contributed by atoms with E-state index in [2.05, 4.69) is 10.5 Å². The number of nitrogens with one attached hydrogen (secondary N) is 1. The van der Waals surface area contributed by atoms with Crippen LogP contribution in [0.15, 0.2) is 59.6 Å². The third-order valence-corrected chi connectivity index (χ3v) is 3.07. The average Bonchev–Trinajstić information content (AvgIpc) is 2.53. The van der Waals surface area contributed by atoms with Crippen LogP contribution in [-0.4, -0.2) is 20.0 Å². The first-order valence-corrected chi connectivity index (χ1v) is 6.90. The van der Waals surface area contributed by atoms with Gasteiger partial charge in [-0.2, -0.15) is 5.48 Å². The van der Waals surface area contributed by atoms with Gasteiger partial charge in [0.2, 0.25) is 6.10 Å². The molecule has 110 valence electrons. The molecule has 0 aliphatic heterocycles.